The molecule has 3 nitrogen and oxygen atoms in total. The van der Waals surface area contributed by atoms with Crippen LogP contribution in [0.25, 0.3) is 0 Å². The number of benzene rings is 1. The Hall–Kier alpha value is -1.22. The van der Waals surface area contributed by atoms with E-state index >= 15 is 0 Å². The van der Waals surface area contributed by atoms with Crippen molar-refractivity contribution in [3.05, 3.63) is 23.8 Å². The fourth-order valence-corrected chi connectivity index (χ4v) is 3.32. The lowest BCUT2D eigenvalue weighted by Gasteiger charge is -2.34. The van der Waals surface area contributed by atoms with E-state index in [2.05, 4.69) is 19.2 Å². The number of rotatable bonds is 2. The monoisotopic (exact) mass is 261 g/mol. The molecule has 0 aromatic heterocycles. The highest BCUT2D eigenvalue weighted by Crippen LogP contribution is 2.37. The molecule has 1 aliphatic carbocycles. The number of fused-ring (bicyclic) bond motifs is 1. The zero-order valence-corrected chi connectivity index (χ0v) is 11.7. The minimum Gasteiger partial charge on any atom is -0.508 e. The molecule has 1 fully saturated rings. The lowest BCUT2D eigenvalue weighted by molar-refractivity contribution is 0.204. The number of aromatic hydroxyl groups is 1. The highest BCUT2D eigenvalue weighted by Gasteiger charge is 2.30. The van der Waals surface area contributed by atoms with Gasteiger partial charge >= 0.3 is 0 Å². The van der Waals surface area contributed by atoms with Crippen LogP contribution in [0.5, 0.6) is 11.5 Å². The van der Waals surface area contributed by atoms with E-state index in [1.54, 1.807) is 12.1 Å². The summed E-state index contributed by atoms with van der Waals surface area (Å²) in [4.78, 5) is 0. The van der Waals surface area contributed by atoms with Gasteiger partial charge < -0.3 is 15.2 Å². The SMILES string of the molecule is CC1CCC(NC2COc3cc(O)ccc32)CC1C. The number of nitrogens with one attached hydrogen (secondary N) is 1. The third-order valence-electron chi connectivity index (χ3n) is 4.81. The van der Waals surface area contributed by atoms with Gasteiger partial charge in [0.1, 0.15) is 18.1 Å². The van der Waals surface area contributed by atoms with Crippen LogP contribution < -0.4 is 10.1 Å². The average molecular weight is 261 g/mol. The normalized spacial score (nSPS) is 33.8. The third-order valence-corrected chi connectivity index (χ3v) is 4.81. The van der Waals surface area contributed by atoms with Gasteiger partial charge in [0, 0.05) is 17.7 Å². The molecule has 1 saturated carbocycles. The molecule has 104 valence electrons. The maximum atomic E-state index is 9.47. The van der Waals surface area contributed by atoms with E-state index in [0.29, 0.717) is 12.6 Å². The minimum absolute atomic E-state index is 0.277. The van der Waals surface area contributed by atoms with E-state index in [0.717, 1.165) is 17.6 Å². The summed E-state index contributed by atoms with van der Waals surface area (Å²) in [6, 6.07) is 6.31. The van der Waals surface area contributed by atoms with Crippen LogP contribution in [0.1, 0.15) is 44.7 Å². The summed E-state index contributed by atoms with van der Waals surface area (Å²) in [5, 5.41) is 13.2. The van der Waals surface area contributed by atoms with Crippen LogP contribution in [-0.2, 0) is 0 Å². The molecular formula is C16H23NO2. The highest BCUT2D eigenvalue weighted by molar-refractivity contribution is 5.44. The molecule has 2 aliphatic rings. The predicted molar refractivity (Wildman–Crippen MR) is 75.4 cm³/mol. The van der Waals surface area contributed by atoms with Gasteiger partial charge in [0.05, 0.1) is 6.04 Å². The van der Waals surface area contributed by atoms with Crippen LogP contribution >= 0.6 is 0 Å². The van der Waals surface area contributed by atoms with Crippen molar-refractivity contribution < 1.29 is 9.84 Å². The van der Waals surface area contributed by atoms with Gasteiger partial charge in [-0.3, -0.25) is 0 Å². The van der Waals surface area contributed by atoms with Gasteiger partial charge in [0.2, 0.25) is 0 Å². The Morgan fingerprint density at radius 3 is 2.84 bits per heavy atom. The average Bonchev–Trinajstić information content (AvgIpc) is 2.76. The third kappa shape index (κ3) is 2.57. The lowest BCUT2D eigenvalue weighted by Crippen LogP contribution is -2.38. The molecule has 3 heteroatoms. The second-order valence-corrected chi connectivity index (χ2v) is 6.22. The molecule has 19 heavy (non-hydrogen) atoms. The van der Waals surface area contributed by atoms with Gasteiger partial charge in [-0.15, -0.1) is 0 Å². The van der Waals surface area contributed by atoms with Crippen LogP contribution in [0, 0.1) is 11.8 Å². The number of hydrogen-bond donors (Lipinski definition) is 2. The molecule has 0 amide bonds. The van der Waals surface area contributed by atoms with Gasteiger partial charge in [0.15, 0.2) is 0 Å². The number of hydrogen-bond acceptors (Lipinski definition) is 3. The Bertz CT molecular complexity index is 460. The first kappa shape index (κ1) is 12.8. The molecule has 0 bridgehead atoms. The van der Waals surface area contributed by atoms with Crippen LogP contribution in [0.15, 0.2) is 18.2 Å². The second-order valence-electron chi connectivity index (χ2n) is 6.22. The molecule has 4 unspecified atom stereocenters. The maximum absolute atomic E-state index is 9.47. The standard InChI is InChI=1S/C16H23NO2/c1-10-3-4-12(7-11(10)2)17-15-9-19-16-8-13(18)5-6-14(15)16/h5-6,8,10-12,15,17-18H,3-4,7,9H2,1-2H3. The fourth-order valence-electron chi connectivity index (χ4n) is 3.32. The largest absolute Gasteiger partial charge is 0.508 e. The molecule has 0 spiro atoms. The van der Waals surface area contributed by atoms with Crippen molar-refractivity contribution in [3.63, 3.8) is 0 Å². The fraction of sp³-hybridized carbons (Fsp3) is 0.625. The summed E-state index contributed by atoms with van der Waals surface area (Å²) in [6.45, 7) is 5.40. The van der Waals surface area contributed by atoms with Crippen molar-refractivity contribution in [2.24, 2.45) is 11.8 Å². The number of phenols is 1. The Morgan fingerprint density at radius 1 is 1.21 bits per heavy atom. The van der Waals surface area contributed by atoms with Crippen molar-refractivity contribution in [3.8, 4) is 11.5 Å². The maximum Gasteiger partial charge on any atom is 0.127 e. The van der Waals surface area contributed by atoms with E-state index in [9.17, 15) is 5.11 Å². The summed E-state index contributed by atoms with van der Waals surface area (Å²) >= 11 is 0. The molecular weight excluding hydrogens is 238 g/mol. The van der Waals surface area contributed by atoms with Crippen molar-refractivity contribution in [1.29, 1.82) is 0 Å². The zero-order chi connectivity index (χ0) is 13.4. The van der Waals surface area contributed by atoms with E-state index in [4.69, 9.17) is 4.74 Å². The molecule has 1 aliphatic heterocycles. The minimum atomic E-state index is 0.277. The molecule has 3 rings (SSSR count). The van der Waals surface area contributed by atoms with Crippen LogP contribution in [-0.4, -0.2) is 17.8 Å². The van der Waals surface area contributed by atoms with E-state index in [1.807, 2.05) is 6.07 Å². The van der Waals surface area contributed by atoms with Crippen LogP contribution in [0.2, 0.25) is 0 Å². The summed E-state index contributed by atoms with van der Waals surface area (Å²) < 4.78 is 5.66. The van der Waals surface area contributed by atoms with Crippen molar-refractivity contribution in [2.45, 2.75) is 45.2 Å². The van der Waals surface area contributed by atoms with Gasteiger partial charge in [-0.1, -0.05) is 13.8 Å². The lowest BCUT2D eigenvalue weighted by atomic mass is 9.79. The zero-order valence-electron chi connectivity index (χ0n) is 11.7. The number of ether oxygens (including phenoxy) is 1. The molecule has 0 radical (unpaired) electrons. The summed E-state index contributed by atoms with van der Waals surface area (Å²) in [6.07, 6.45) is 3.83. The molecule has 2 N–H and O–H groups in total. The Morgan fingerprint density at radius 2 is 2.05 bits per heavy atom. The Kier molecular flexibility index (Phi) is 3.40. The summed E-state index contributed by atoms with van der Waals surface area (Å²) in [5.74, 6) is 2.75. The quantitative estimate of drug-likeness (QED) is 0.858. The molecule has 1 aromatic rings. The molecule has 4 atom stereocenters. The first-order valence-corrected chi connectivity index (χ1v) is 7.35. The number of phenolic OH excluding ortho intramolecular Hbond substituents is 1. The van der Waals surface area contributed by atoms with Crippen LogP contribution in [0.3, 0.4) is 0 Å². The van der Waals surface area contributed by atoms with Gasteiger partial charge in [-0.05, 0) is 43.2 Å². The van der Waals surface area contributed by atoms with Gasteiger partial charge in [-0.2, -0.15) is 0 Å². The predicted octanol–water partition coefficient (Wildman–Crippen LogP) is 3.24. The van der Waals surface area contributed by atoms with Crippen molar-refractivity contribution in [2.75, 3.05) is 6.61 Å². The van der Waals surface area contributed by atoms with E-state index in [-0.39, 0.29) is 11.8 Å². The Balaban J connectivity index is 1.66. The highest BCUT2D eigenvalue weighted by atomic mass is 16.5. The topological polar surface area (TPSA) is 41.5 Å². The van der Waals surface area contributed by atoms with Crippen molar-refractivity contribution >= 4 is 0 Å². The summed E-state index contributed by atoms with van der Waals surface area (Å²) in [5.41, 5.74) is 1.18. The second kappa shape index (κ2) is 5.04. The molecule has 0 saturated heterocycles. The first-order chi connectivity index (χ1) is 9.13. The van der Waals surface area contributed by atoms with Crippen molar-refractivity contribution in [1.82, 2.24) is 5.32 Å². The van der Waals surface area contributed by atoms with Crippen LogP contribution in [0.4, 0.5) is 0 Å². The van der Waals surface area contributed by atoms with E-state index in [1.165, 1.54) is 24.8 Å². The van der Waals surface area contributed by atoms with Gasteiger partial charge in [0.25, 0.3) is 0 Å². The summed E-state index contributed by atoms with van der Waals surface area (Å²) in [7, 11) is 0. The first-order valence-electron chi connectivity index (χ1n) is 7.35. The van der Waals surface area contributed by atoms with Gasteiger partial charge in [-0.25, -0.2) is 0 Å². The Labute approximate surface area is 115 Å². The molecule has 1 aromatic carbocycles. The molecule has 1 heterocycles. The van der Waals surface area contributed by atoms with E-state index < -0.39 is 0 Å². The smallest absolute Gasteiger partial charge is 0.127 e.